The topological polar surface area (TPSA) is 0 Å². The van der Waals surface area contributed by atoms with E-state index in [4.69, 9.17) is 0 Å². The van der Waals surface area contributed by atoms with Crippen LogP contribution >= 0.6 is 31.9 Å². The van der Waals surface area contributed by atoms with Crippen LogP contribution in [0.4, 0.5) is 0 Å². The maximum absolute atomic E-state index is 3.52. The van der Waals surface area contributed by atoms with E-state index in [1.165, 1.54) is 20.1 Å². The van der Waals surface area contributed by atoms with Crippen molar-refractivity contribution < 1.29 is 0 Å². The van der Waals surface area contributed by atoms with Crippen LogP contribution in [0.5, 0.6) is 0 Å². The van der Waals surface area contributed by atoms with Gasteiger partial charge < -0.3 is 0 Å². The highest BCUT2D eigenvalue weighted by atomic mass is 79.9. The van der Waals surface area contributed by atoms with Crippen LogP contribution in [0.1, 0.15) is 23.0 Å². The Labute approximate surface area is 100.0 Å². The van der Waals surface area contributed by atoms with Crippen LogP contribution in [0.25, 0.3) is 0 Å². The van der Waals surface area contributed by atoms with Gasteiger partial charge in [-0.15, -0.1) is 0 Å². The minimum Gasteiger partial charge on any atom is -0.0750 e. The van der Waals surface area contributed by atoms with Crippen molar-refractivity contribution in [2.45, 2.75) is 11.8 Å². The van der Waals surface area contributed by atoms with Crippen LogP contribution in [0.15, 0.2) is 45.4 Å². The molecule has 0 bridgehead atoms. The van der Waals surface area contributed by atoms with E-state index in [0.717, 1.165) is 0 Å². The SMILES string of the molecule is BrC1=C[C@H]2c3ccc(Br)cc3C2C=C1. The molecule has 1 aromatic rings. The fourth-order valence-corrected chi connectivity index (χ4v) is 3.08. The molecule has 14 heavy (non-hydrogen) atoms. The molecular formula is C12H8Br2. The van der Waals surface area contributed by atoms with E-state index in [-0.39, 0.29) is 0 Å². The molecule has 2 heteroatoms. The van der Waals surface area contributed by atoms with E-state index in [1.807, 2.05) is 0 Å². The average Bonchev–Trinajstić information content (AvgIpc) is 2.16. The lowest BCUT2D eigenvalue weighted by Gasteiger charge is -2.38. The molecule has 0 aromatic heterocycles. The van der Waals surface area contributed by atoms with E-state index in [0.29, 0.717) is 11.8 Å². The lowest BCUT2D eigenvalue weighted by Crippen LogP contribution is -2.22. The van der Waals surface area contributed by atoms with Crippen molar-refractivity contribution in [1.82, 2.24) is 0 Å². The number of benzene rings is 1. The summed E-state index contributed by atoms with van der Waals surface area (Å²) in [6.07, 6.45) is 6.72. The Kier molecular flexibility index (Phi) is 1.96. The van der Waals surface area contributed by atoms with E-state index in [1.54, 1.807) is 0 Å². The van der Waals surface area contributed by atoms with Gasteiger partial charge in [0.25, 0.3) is 0 Å². The standard InChI is InChI=1S/C12H8Br2/c13-7-1-3-9-11(5-7)10-4-2-8(14)6-12(9)10/h1-6,9,11H/t9?,11-/m1/s1. The summed E-state index contributed by atoms with van der Waals surface area (Å²) in [4.78, 5) is 0. The summed E-state index contributed by atoms with van der Waals surface area (Å²) in [6, 6.07) is 6.57. The Bertz CT molecular complexity index is 457. The van der Waals surface area contributed by atoms with Crippen LogP contribution in [0.3, 0.4) is 0 Å². The van der Waals surface area contributed by atoms with Crippen LogP contribution in [-0.4, -0.2) is 0 Å². The van der Waals surface area contributed by atoms with Gasteiger partial charge in [0.15, 0.2) is 0 Å². The zero-order valence-corrected chi connectivity index (χ0v) is 10.5. The molecular weight excluding hydrogens is 304 g/mol. The summed E-state index contributed by atoms with van der Waals surface area (Å²) in [7, 11) is 0. The number of hydrogen-bond acceptors (Lipinski definition) is 0. The predicted octanol–water partition coefficient (Wildman–Crippen LogP) is 4.48. The molecule has 0 nitrogen and oxygen atoms in total. The van der Waals surface area contributed by atoms with Gasteiger partial charge in [0.05, 0.1) is 0 Å². The first-order valence-electron chi connectivity index (χ1n) is 4.60. The Balaban J connectivity index is 2.11. The third kappa shape index (κ3) is 1.17. The van der Waals surface area contributed by atoms with Gasteiger partial charge in [-0.3, -0.25) is 0 Å². The molecule has 0 spiro atoms. The van der Waals surface area contributed by atoms with E-state index < -0.39 is 0 Å². The lowest BCUT2D eigenvalue weighted by molar-refractivity contribution is 0.635. The molecule has 0 heterocycles. The summed E-state index contributed by atoms with van der Waals surface area (Å²) in [5, 5.41) is 0. The minimum atomic E-state index is 0.595. The molecule has 70 valence electrons. The van der Waals surface area contributed by atoms with E-state index >= 15 is 0 Å². The van der Waals surface area contributed by atoms with Gasteiger partial charge in [0, 0.05) is 20.8 Å². The van der Waals surface area contributed by atoms with E-state index in [2.05, 4.69) is 68.3 Å². The normalized spacial score (nSPS) is 27.4. The van der Waals surface area contributed by atoms with Crippen LogP contribution in [0.2, 0.25) is 0 Å². The van der Waals surface area contributed by atoms with Crippen molar-refractivity contribution in [3.05, 3.63) is 56.5 Å². The number of allylic oxidation sites excluding steroid dienone is 4. The predicted molar refractivity (Wildman–Crippen MR) is 65.8 cm³/mol. The molecule has 0 amide bonds. The largest absolute Gasteiger partial charge is 0.0750 e. The van der Waals surface area contributed by atoms with Crippen molar-refractivity contribution in [3.8, 4) is 0 Å². The second-order valence-corrected chi connectivity index (χ2v) is 5.57. The van der Waals surface area contributed by atoms with Crippen molar-refractivity contribution in [2.24, 2.45) is 0 Å². The molecule has 0 saturated carbocycles. The first-order chi connectivity index (χ1) is 6.75. The maximum Gasteiger partial charge on any atom is 0.0178 e. The fraction of sp³-hybridized carbons (Fsp3) is 0.167. The van der Waals surface area contributed by atoms with Crippen LogP contribution in [-0.2, 0) is 0 Å². The average molecular weight is 312 g/mol. The Morgan fingerprint density at radius 1 is 1.00 bits per heavy atom. The van der Waals surface area contributed by atoms with Gasteiger partial charge in [-0.05, 0) is 23.3 Å². The Hall–Kier alpha value is -0.340. The first kappa shape index (κ1) is 8.93. The molecule has 2 aliphatic rings. The summed E-state index contributed by atoms with van der Waals surface area (Å²) < 4.78 is 2.38. The molecule has 0 fully saturated rings. The van der Waals surface area contributed by atoms with Crippen molar-refractivity contribution in [3.63, 3.8) is 0 Å². The van der Waals surface area contributed by atoms with Gasteiger partial charge in [0.1, 0.15) is 0 Å². The number of fused-ring (bicyclic) bond motifs is 4. The second-order valence-electron chi connectivity index (χ2n) is 3.74. The van der Waals surface area contributed by atoms with Crippen molar-refractivity contribution >= 4 is 31.9 Å². The summed E-state index contributed by atoms with van der Waals surface area (Å²) >= 11 is 7.03. The van der Waals surface area contributed by atoms with E-state index in [9.17, 15) is 0 Å². The third-order valence-corrected chi connectivity index (χ3v) is 3.98. The van der Waals surface area contributed by atoms with Gasteiger partial charge in [-0.2, -0.15) is 0 Å². The zero-order chi connectivity index (χ0) is 9.71. The summed E-state index contributed by atoms with van der Waals surface area (Å²) in [5.74, 6) is 1.20. The van der Waals surface area contributed by atoms with Crippen LogP contribution in [0, 0.1) is 0 Å². The Morgan fingerprint density at radius 3 is 2.71 bits per heavy atom. The highest BCUT2D eigenvalue weighted by Crippen LogP contribution is 2.51. The van der Waals surface area contributed by atoms with Gasteiger partial charge >= 0.3 is 0 Å². The molecule has 1 aromatic carbocycles. The second kappa shape index (κ2) is 3.07. The molecule has 2 atom stereocenters. The third-order valence-electron chi connectivity index (χ3n) is 2.96. The van der Waals surface area contributed by atoms with Crippen LogP contribution < -0.4 is 0 Å². The summed E-state index contributed by atoms with van der Waals surface area (Å²) in [6.45, 7) is 0. The summed E-state index contributed by atoms with van der Waals surface area (Å²) in [5.41, 5.74) is 2.94. The number of rotatable bonds is 0. The minimum absolute atomic E-state index is 0.595. The molecule has 3 rings (SSSR count). The quantitative estimate of drug-likeness (QED) is 0.663. The highest BCUT2D eigenvalue weighted by Gasteiger charge is 2.35. The maximum atomic E-state index is 3.52. The number of halogens is 2. The van der Waals surface area contributed by atoms with Gasteiger partial charge in [-0.25, -0.2) is 0 Å². The monoisotopic (exact) mass is 310 g/mol. The Morgan fingerprint density at radius 2 is 1.86 bits per heavy atom. The molecule has 2 aliphatic carbocycles. The molecule has 0 radical (unpaired) electrons. The number of hydrogen-bond donors (Lipinski definition) is 0. The van der Waals surface area contributed by atoms with Gasteiger partial charge in [-0.1, -0.05) is 56.2 Å². The zero-order valence-electron chi connectivity index (χ0n) is 7.37. The molecule has 0 aliphatic heterocycles. The fourth-order valence-electron chi connectivity index (χ4n) is 2.27. The molecule has 1 unspecified atom stereocenters. The molecule has 0 saturated heterocycles. The van der Waals surface area contributed by atoms with Gasteiger partial charge in [0.2, 0.25) is 0 Å². The highest BCUT2D eigenvalue weighted by molar-refractivity contribution is 9.12. The smallest absolute Gasteiger partial charge is 0.0178 e. The molecule has 0 N–H and O–H groups in total. The lowest BCUT2D eigenvalue weighted by atomic mass is 9.66. The first-order valence-corrected chi connectivity index (χ1v) is 6.19. The van der Waals surface area contributed by atoms with Crippen molar-refractivity contribution in [1.29, 1.82) is 0 Å². The van der Waals surface area contributed by atoms with Crippen molar-refractivity contribution in [2.75, 3.05) is 0 Å².